The molecule has 0 heterocycles. The number of carbonyl (C=O) groups excluding carboxylic acids is 3. The van der Waals surface area contributed by atoms with Gasteiger partial charge in [-0.2, -0.15) is 0 Å². The van der Waals surface area contributed by atoms with Crippen LogP contribution in [0, 0.1) is 5.92 Å². The van der Waals surface area contributed by atoms with E-state index in [-0.39, 0.29) is 31.4 Å². The van der Waals surface area contributed by atoms with Crippen molar-refractivity contribution in [2.75, 3.05) is 11.9 Å². The number of carbonyl (C=O) groups is 3. The molecular formula is C56H57N5O4. The van der Waals surface area contributed by atoms with E-state index < -0.39 is 35.1 Å². The van der Waals surface area contributed by atoms with E-state index in [1.807, 2.05) is 159 Å². The summed E-state index contributed by atoms with van der Waals surface area (Å²) >= 11 is 0. The minimum atomic E-state index is -1.01. The molecule has 0 aromatic heterocycles. The molecular weight excluding hydrogens is 807 g/mol. The first-order valence-electron chi connectivity index (χ1n) is 22.2. The average molecular weight is 864 g/mol. The quantitative estimate of drug-likeness (QED) is 0.0357. The van der Waals surface area contributed by atoms with E-state index in [2.05, 4.69) is 63.0 Å². The van der Waals surface area contributed by atoms with Crippen molar-refractivity contribution in [3.63, 3.8) is 0 Å². The minimum Gasteiger partial charge on any atom is -0.392 e. The second kappa shape index (κ2) is 21.8. The van der Waals surface area contributed by atoms with Crippen molar-refractivity contribution in [1.82, 2.24) is 21.3 Å². The molecule has 330 valence electrons. The van der Waals surface area contributed by atoms with Crippen LogP contribution in [0.4, 0.5) is 10.5 Å². The zero-order valence-corrected chi connectivity index (χ0v) is 36.9. The van der Waals surface area contributed by atoms with Gasteiger partial charge in [0.15, 0.2) is 0 Å². The van der Waals surface area contributed by atoms with Crippen molar-refractivity contribution < 1.29 is 19.5 Å². The van der Waals surface area contributed by atoms with Crippen LogP contribution < -0.4 is 26.6 Å². The molecule has 4 amide bonds. The van der Waals surface area contributed by atoms with Gasteiger partial charge in [0.2, 0.25) is 11.8 Å². The molecule has 9 heteroatoms. The van der Waals surface area contributed by atoms with E-state index in [1.54, 1.807) is 24.3 Å². The number of hydrogen-bond donors (Lipinski definition) is 6. The number of benzene rings is 7. The zero-order chi connectivity index (χ0) is 45.5. The highest BCUT2D eigenvalue weighted by Gasteiger charge is 2.42. The molecule has 7 aromatic carbocycles. The Bertz CT molecular complexity index is 2370. The van der Waals surface area contributed by atoms with E-state index >= 15 is 0 Å². The minimum absolute atomic E-state index is 0.128. The van der Waals surface area contributed by atoms with Crippen LogP contribution in [-0.4, -0.2) is 41.6 Å². The van der Waals surface area contributed by atoms with Gasteiger partial charge in [0.1, 0.15) is 11.6 Å². The summed E-state index contributed by atoms with van der Waals surface area (Å²) in [6.45, 7) is 4.07. The molecule has 6 N–H and O–H groups in total. The molecule has 7 rings (SSSR count). The van der Waals surface area contributed by atoms with Gasteiger partial charge in [0, 0.05) is 12.2 Å². The Morgan fingerprint density at radius 1 is 0.508 bits per heavy atom. The highest BCUT2D eigenvalue weighted by atomic mass is 16.3. The zero-order valence-electron chi connectivity index (χ0n) is 36.9. The summed E-state index contributed by atoms with van der Waals surface area (Å²) in [5.74, 6) is -0.949. The largest absolute Gasteiger partial charge is 0.392 e. The molecule has 0 bridgehead atoms. The Kier molecular flexibility index (Phi) is 15.4. The fraction of sp³-hybridized carbons (Fsp3) is 0.196. The molecule has 0 saturated carbocycles. The fourth-order valence-electron chi connectivity index (χ4n) is 8.54. The van der Waals surface area contributed by atoms with Gasteiger partial charge in [-0.3, -0.25) is 14.9 Å². The Morgan fingerprint density at radius 2 is 0.892 bits per heavy atom. The van der Waals surface area contributed by atoms with Crippen LogP contribution in [0.15, 0.2) is 206 Å². The van der Waals surface area contributed by atoms with Gasteiger partial charge in [-0.25, -0.2) is 4.79 Å². The Hall–Kier alpha value is -7.33. The molecule has 65 heavy (non-hydrogen) atoms. The highest BCUT2D eigenvalue weighted by Crippen LogP contribution is 2.39. The first-order chi connectivity index (χ1) is 31.7. The molecule has 0 aliphatic rings. The summed E-state index contributed by atoms with van der Waals surface area (Å²) < 4.78 is 0. The summed E-state index contributed by atoms with van der Waals surface area (Å²) in [5.41, 5.74) is 4.83. The van der Waals surface area contributed by atoms with E-state index in [9.17, 15) is 19.5 Å². The normalized spacial score (nSPS) is 12.4. The fourth-order valence-corrected chi connectivity index (χ4v) is 8.54. The van der Waals surface area contributed by atoms with E-state index in [4.69, 9.17) is 0 Å². The van der Waals surface area contributed by atoms with E-state index in [1.165, 1.54) is 0 Å². The molecule has 0 saturated heterocycles. The Balaban J connectivity index is 1.14. The van der Waals surface area contributed by atoms with Crippen LogP contribution in [0.5, 0.6) is 0 Å². The molecule has 0 unspecified atom stereocenters. The lowest BCUT2D eigenvalue weighted by Gasteiger charge is -2.41. The van der Waals surface area contributed by atoms with Crippen LogP contribution >= 0.6 is 0 Å². The lowest BCUT2D eigenvalue weighted by molar-refractivity contribution is -0.129. The predicted molar refractivity (Wildman–Crippen MR) is 259 cm³/mol. The molecule has 0 spiro atoms. The van der Waals surface area contributed by atoms with Gasteiger partial charge in [0.25, 0.3) is 0 Å². The van der Waals surface area contributed by atoms with Crippen LogP contribution in [-0.2, 0) is 27.3 Å². The number of nitrogens with one attached hydrogen (secondary N) is 5. The number of amides is 4. The van der Waals surface area contributed by atoms with Crippen molar-refractivity contribution in [1.29, 1.82) is 0 Å². The van der Waals surface area contributed by atoms with Crippen molar-refractivity contribution in [3.05, 3.63) is 245 Å². The predicted octanol–water partition coefficient (Wildman–Crippen LogP) is 9.28. The SMILES string of the molecule is CC(C)[C@H](NC(c1ccccc1)(c1ccccc1)c1ccccc1)C(=O)N[C@@H](CCCNC(=O)NC(c1ccccc1)(c1ccccc1)c1ccccc1)C(=O)Nc1ccc(CO)cc1. The maximum Gasteiger partial charge on any atom is 0.316 e. The van der Waals surface area contributed by atoms with Gasteiger partial charge in [0.05, 0.1) is 18.2 Å². The van der Waals surface area contributed by atoms with Crippen molar-refractivity contribution in [2.24, 2.45) is 5.92 Å². The van der Waals surface area contributed by atoms with Gasteiger partial charge < -0.3 is 26.4 Å². The maximum absolute atomic E-state index is 14.8. The van der Waals surface area contributed by atoms with Gasteiger partial charge in [-0.05, 0) is 69.8 Å². The summed E-state index contributed by atoms with van der Waals surface area (Å²) in [5, 5.41) is 25.9. The third-order valence-corrected chi connectivity index (χ3v) is 11.9. The van der Waals surface area contributed by atoms with Crippen LogP contribution in [0.2, 0.25) is 0 Å². The number of rotatable bonds is 19. The molecule has 2 atom stereocenters. The number of anilines is 1. The second-order valence-electron chi connectivity index (χ2n) is 16.5. The van der Waals surface area contributed by atoms with Gasteiger partial charge >= 0.3 is 6.03 Å². The Morgan fingerprint density at radius 3 is 1.26 bits per heavy atom. The smallest absolute Gasteiger partial charge is 0.316 e. The highest BCUT2D eigenvalue weighted by molar-refractivity contribution is 5.98. The van der Waals surface area contributed by atoms with Crippen LogP contribution in [0.3, 0.4) is 0 Å². The molecule has 9 nitrogen and oxygen atoms in total. The summed E-state index contributed by atoms with van der Waals surface area (Å²) in [7, 11) is 0. The third kappa shape index (κ3) is 10.7. The first-order valence-corrected chi connectivity index (χ1v) is 22.2. The molecule has 0 fully saturated rings. The summed E-state index contributed by atoms with van der Waals surface area (Å²) in [6.07, 6.45) is 0.589. The molecule has 7 aromatic rings. The number of urea groups is 1. The summed E-state index contributed by atoms with van der Waals surface area (Å²) in [6, 6.07) is 64.7. The first kappa shape index (κ1) is 45.7. The third-order valence-electron chi connectivity index (χ3n) is 11.9. The molecule has 0 aliphatic carbocycles. The number of aliphatic hydroxyl groups excluding tert-OH is 1. The number of aliphatic hydroxyl groups is 1. The lowest BCUT2D eigenvalue weighted by atomic mass is 9.76. The van der Waals surface area contributed by atoms with E-state index in [0.29, 0.717) is 17.7 Å². The standard InChI is InChI=1S/C56H57N5O4/c1-41(2)51(60-55(43-22-9-3-10-23-43,44-24-11-4-12-25-44)45-26-13-5-14-27-45)53(64)59-50(52(63)58-49-37-35-42(40-62)36-38-49)34-21-39-57-54(65)61-56(46-28-15-6-16-29-46,47-30-17-7-18-31-47)48-32-19-8-20-33-48/h3-20,22-33,35-38,41,50-51,60,62H,21,34,39-40H2,1-2H3,(H,58,63)(H,59,64)(H2,57,61,65)/t50-,51-/m0/s1. The van der Waals surface area contributed by atoms with Crippen molar-refractivity contribution in [2.45, 2.75) is 56.5 Å². The lowest BCUT2D eigenvalue weighted by Crippen LogP contribution is -2.59. The second-order valence-corrected chi connectivity index (χ2v) is 16.5. The van der Waals surface area contributed by atoms with Gasteiger partial charge in [-0.15, -0.1) is 0 Å². The molecule has 0 aliphatic heterocycles. The van der Waals surface area contributed by atoms with Crippen LogP contribution in [0.1, 0.15) is 65.6 Å². The molecule has 0 radical (unpaired) electrons. The number of hydrogen-bond acceptors (Lipinski definition) is 5. The monoisotopic (exact) mass is 863 g/mol. The summed E-state index contributed by atoms with van der Waals surface area (Å²) in [4.78, 5) is 43.2. The maximum atomic E-state index is 14.8. The van der Waals surface area contributed by atoms with Crippen molar-refractivity contribution in [3.8, 4) is 0 Å². The van der Waals surface area contributed by atoms with Gasteiger partial charge in [-0.1, -0.05) is 208 Å². The van der Waals surface area contributed by atoms with Crippen LogP contribution in [0.25, 0.3) is 0 Å². The van der Waals surface area contributed by atoms with Crippen molar-refractivity contribution >= 4 is 23.5 Å². The van der Waals surface area contributed by atoms with E-state index in [0.717, 1.165) is 33.4 Å². The Labute approximate surface area is 382 Å². The topological polar surface area (TPSA) is 132 Å². The average Bonchev–Trinajstić information content (AvgIpc) is 3.36.